The quantitative estimate of drug-likeness (QED) is 0.873. The van der Waals surface area contributed by atoms with Crippen molar-refractivity contribution in [3.05, 3.63) is 36.0 Å². The fraction of sp³-hybridized carbons (Fsp3) is 0.375. The Hall–Kier alpha value is -2.30. The lowest BCUT2D eigenvalue weighted by Gasteiger charge is -2.16. The first-order chi connectivity index (χ1) is 10.1. The minimum absolute atomic E-state index is 0.0503. The standard InChI is InChI=1S/C16H19N3O2/c1-19(10-15(20)18-12-6-7-12)16(21)8-11-9-17-14-5-3-2-4-13(11)14/h2-5,9,12,17H,6-8,10H2,1H3,(H,18,20). The average molecular weight is 285 g/mol. The molecule has 1 saturated carbocycles. The number of amides is 2. The first-order valence-electron chi connectivity index (χ1n) is 7.22. The molecule has 0 spiro atoms. The monoisotopic (exact) mass is 285 g/mol. The van der Waals surface area contributed by atoms with E-state index in [0.29, 0.717) is 12.5 Å². The van der Waals surface area contributed by atoms with Crippen LogP contribution in [0.1, 0.15) is 18.4 Å². The van der Waals surface area contributed by atoms with Crippen LogP contribution >= 0.6 is 0 Å². The third-order valence-electron chi connectivity index (χ3n) is 3.77. The molecular weight excluding hydrogens is 266 g/mol. The summed E-state index contributed by atoms with van der Waals surface area (Å²) in [6.45, 7) is 0.123. The molecule has 1 aromatic carbocycles. The van der Waals surface area contributed by atoms with Gasteiger partial charge in [0.25, 0.3) is 0 Å². The second kappa shape index (κ2) is 5.60. The maximum Gasteiger partial charge on any atom is 0.239 e. The van der Waals surface area contributed by atoms with Gasteiger partial charge in [-0.2, -0.15) is 0 Å². The average Bonchev–Trinajstić information content (AvgIpc) is 3.18. The van der Waals surface area contributed by atoms with Gasteiger partial charge in [-0.1, -0.05) is 18.2 Å². The number of H-pyrrole nitrogens is 1. The number of para-hydroxylation sites is 1. The van der Waals surface area contributed by atoms with Crippen LogP contribution in [0.15, 0.2) is 30.5 Å². The summed E-state index contributed by atoms with van der Waals surface area (Å²) >= 11 is 0. The molecule has 3 rings (SSSR count). The number of fused-ring (bicyclic) bond motifs is 1. The molecule has 0 bridgehead atoms. The molecule has 1 heterocycles. The minimum Gasteiger partial charge on any atom is -0.361 e. The molecule has 2 aromatic rings. The summed E-state index contributed by atoms with van der Waals surface area (Å²) in [5.74, 6) is -0.127. The van der Waals surface area contributed by atoms with Crippen molar-refractivity contribution in [3.8, 4) is 0 Å². The Bertz CT molecular complexity index is 673. The van der Waals surface area contributed by atoms with Gasteiger partial charge in [0, 0.05) is 30.2 Å². The Labute approximate surface area is 123 Å². The zero-order chi connectivity index (χ0) is 14.8. The number of hydrogen-bond donors (Lipinski definition) is 2. The van der Waals surface area contributed by atoms with Crippen LogP contribution in [0, 0.1) is 0 Å². The van der Waals surface area contributed by atoms with E-state index in [1.54, 1.807) is 7.05 Å². The molecule has 110 valence electrons. The molecular formula is C16H19N3O2. The first-order valence-corrected chi connectivity index (χ1v) is 7.22. The van der Waals surface area contributed by atoms with Gasteiger partial charge < -0.3 is 15.2 Å². The number of rotatable bonds is 5. The van der Waals surface area contributed by atoms with E-state index in [0.717, 1.165) is 29.3 Å². The van der Waals surface area contributed by atoms with Crippen LogP contribution < -0.4 is 5.32 Å². The summed E-state index contributed by atoms with van der Waals surface area (Å²) in [7, 11) is 1.67. The van der Waals surface area contributed by atoms with E-state index in [-0.39, 0.29) is 18.4 Å². The first kappa shape index (κ1) is 13.7. The van der Waals surface area contributed by atoms with E-state index in [2.05, 4.69) is 10.3 Å². The van der Waals surface area contributed by atoms with E-state index in [9.17, 15) is 9.59 Å². The Kier molecular flexibility index (Phi) is 3.64. The molecule has 0 saturated heterocycles. The minimum atomic E-state index is -0.0766. The van der Waals surface area contributed by atoms with E-state index < -0.39 is 0 Å². The van der Waals surface area contributed by atoms with Gasteiger partial charge in [-0.25, -0.2) is 0 Å². The van der Waals surface area contributed by atoms with Gasteiger partial charge in [-0.3, -0.25) is 9.59 Å². The van der Waals surface area contributed by atoms with Crippen molar-refractivity contribution in [3.63, 3.8) is 0 Å². The number of likely N-dealkylation sites (N-methyl/N-ethyl adjacent to an activating group) is 1. The highest BCUT2D eigenvalue weighted by atomic mass is 16.2. The van der Waals surface area contributed by atoms with Gasteiger partial charge in [0.1, 0.15) is 0 Å². The SMILES string of the molecule is CN(CC(=O)NC1CC1)C(=O)Cc1c[nH]c2ccccc12. The Morgan fingerprint density at radius 1 is 1.33 bits per heavy atom. The van der Waals surface area contributed by atoms with E-state index >= 15 is 0 Å². The molecule has 0 atom stereocenters. The van der Waals surface area contributed by atoms with Gasteiger partial charge in [0.05, 0.1) is 13.0 Å². The van der Waals surface area contributed by atoms with E-state index in [4.69, 9.17) is 0 Å². The second-order valence-corrected chi connectivity index (χ2v) is 5.63. The number of aromatic amines is 1. The van der Waals surface area contributed by atoms with Crippen molar-refractivity contribution in [2.24, 2.45) is 0 Å². The molecule has 1 fully saturated rings. The lowest BCUT2D eigenvalue weighted by Crippen LogP contribution is -2.39. The fourth-order valence-corrected chi connectivity index (χ4v) is 2.38. The van der Waals surface area contributed by atoms with Gasteiger partial charge >= 0.3 is 0 Å². The van der Waals surface area contributed by atoms with Crippen LogP contribution in [0.4, 0.5) is 0 Å². The summed E-state index contributed by atoms with van der Waals surface area (Å²) in [5.41, 5.74) is 1.99. The molecule has 0 aliphatic heterocycles. The summed E-state index contributed by atoms with van der Waals surface area (Å²) in [6, 6.07) is 8.22. The predicted octanol–water partition coefficient (Wildman–Crippen LogP) is 1.45. The van der Waals surface area contributed by atoms with Crippen LogP contribution in [0.2, 0.25) is 0 Å². The molecule has 1 aliphatic carbocycles. The van der Waals surface area contributed by atoms with Crippen molar-refractivity contribution in [1.29, 1.82) is 0 Å². The van der Waals surface area contributed by atoms with Crippen molar-refractivity contribution in [2.45, 2.75) is 25.3 Å². The van der Waals surface area contributed by atoms with E-state index in [1.165, 1.54) is 4.90 Å². The Morgan fingerprint density at radius 2 is 2.10 bits per heavy atom. The van der Waals surface area contributed by atoms with Gasteiger partial charge in [-0.05, 0) is 24.5 Å². The lowest BCUT2D eigenvalue weighted by molar-refractivity contribution is -0.134. The van der Waals surface area contributed by atoms with Crippen LogP contribution in [-0.4, -0.2) is 41.3 Å². The van der Waals surface area contributed by atoms with Crippen LogP contribution in [0.3, 0.4) is 0 Å². The Morgan fingerprint density at radius 3 is 2.86 bits per heavy atom. The number of nitrogens with one attached hydrogen (secondary N) is 2. The molecule has 5 nitrogen and oxygen atoms in total. The van der Waals surface area contributed by atoms with Crippen LogP contribution in [0.25, 0.3) is 10.9 Å². The highest BCUT2D eigenvalue weighted by Gasteiger charge is 2.24. The highest BCUT2D eigenvalue weighted by Crippen LogP contribution is 2.19. The number of carbonyl (C=O) groups is 2. The fourth-order valence-electron chi connectivity index (χ4n) is 2.38. The summed E-state index contributed by atoms with van der Waals surface area (Å²) in [6.07, 6.45) is 4.27. The van der Waals surface area contributed by atoms with Crippen LogP contribution in [-0.2, 0) is 16.0 Å². The van der Waals surface area contributed by atoms with Gasteiger partial charge in [0.15, 0.2) is 0 Å². The second-order valence-electron chi connectivity index (χ2n) is 5.63. The number of carbonyl (C=O) groups excluding carboxylic acids is 2. The maximum atomic E-state index is 12.2. The predicted molar refractivity (Wildman–Crippen MR) is 80.8 cm³/mol. The molecule has 1 aromatic heterocycles. The highest BCUT2D eigenvalue weighted by molar-refractivity contribution is 5.90. The molecule has 21 heavy (non-hydrogen) atoms. The molecule has 0 radical (unpaired) electrons. The van der Waals surface area contributed by atoms with E-state index in [1.807, 2.05) is 30.5 Å². The summed E-state index contributed by atoms with van der Waals surface area (Å²) in [4.78, 5) is 28.6. The van der Waals surface area contributed by atoms with Crippen molar-refractivity contribution in [1.82, 2.24) is 15.2 Å². The van der Waals surface area contributed by atoms with Crippen molar-refractivity contribution >= 4 is 22.7 Å². The zero-order valence-electron chi connectivity index (χ0n) is 12.1. The van der Waals surface area contributed by atoms with Crippen LogP contribution in [0.5, 0.6) is 0 Å². The smallest absolute Gasteiger partial charge is 0.239 e. The third kappa shape index (κ3) is 3.24. The number of hydrogen-bond acceptors (Lipinski definition) is 2. The number of aromatic nitrogens is 1. The topological polar surface area (TPSA) is 65.2 Å². The zero-order valence-corrected chi connectivity index (χ0v) is 12.1. The third-order valence-corrected chi connectivity index (χ3v) is 3.77. The maximum absolute atomic E-state index is 12.2. The molecule has 2 N–H and O–H groups in total. The van der Waals surface area contributed by atoms with Gasteiger partial charge in [0.2, 0.25) is 11.8 Å². The number of benzene rings is 1. The van der Waals surface area contributed by atoms with Crippen molar-refractivity contribution < 1.29 is 9.59 Å². The normalized spacial score (nSPS) is 14.1. The molecule has 0 unspecified atom stereocenters. The summed E-state index contributed by atoms with van der Waals surface area (Å²) < 4.78 is 0. The Balaban J connectivity index is 1.60. The van der Waals surface area contributed by atoms with Gasteiger partial charge in [-0.15, -0.1) is 0 Å². The number of nitrogens with zero attached hydrogens (tertiary/aromatic N) is 1. The largest absolute Gasteiger partial charge is 0.361 e. The summed E-state index contributed by atoms with van der Waals surface area (Å²) in [5, 5.41) is 3.95. The molecule has 2 amide bonds. The van der Waals surface area contributed by atoms with Crippen molar-refractivity contribution in [2.75, 3.05) is 13.6 Å². The lowest BCUT2D eigenvalue weighted by atomic mass is 10.1. The molecule has 5 heteroatoms. The molecule has 1 aliphatic rings.